The van der Waals surface area contributed by atoms with Crippen molar-refractivity contribution in [2.45, 2.75) is 13.3 Å². The molecule has 0 fully saturated rings. The predicted octanol–water partition coefficient (Wildman–Crippen LogP) is 3.71. The van der Waals surface area contributed by atoms with E-state index in [1.54, 1.807) is 36.4 Å². The van der Waals surface area contributed by atoms with Gasteiger partial charge in [0.2, 0.25) is 0 Å². The Morgan fingerprint density at radius 2 is 1.73 bits per heavy atom. The zero-order chi connectivity index (χ0) is 18.9. The fourth-order valence-corrected chi connectivity index (χ4v) is 2.40. The molecule has 136 valence electrons. The Morgan fingerprint density at radius 3 is 2.35 bits per heavy atom. The molecule has 0 atom stereocenters. The van der Waals surface area contributed by atoms with Crippen LogP contribution in [0.1, 0.15) is 28.4 Å². The molecule has 0 saturated heterocycles. The molecule has 26 heavy (non-hydrogen) atoms. The molecule has 2 rings (SSSR count). The standard InChI is InChI=1S/C21H22O5/c1-4-15-8-10-16(11-9-15)18(22)14-26-20(23)13-12-17-6-5-7-19(24-2)21(17)25-3/h5-13H,4,14H2,1-3H3/b13-12+. The molecule has 0 spiro atoms. The van der Waals surface area contributed by atoms with Gasteiger partial charge in [-0.15, -0.1) is 0 Å². The van der Waals surface area contributed by atoms with Crippen LogP contribution in [0.25, 0.3) is 6.08 Å². The third-order valence-electron chi connectivity index (χ3n) is 3.86. The second-order valence-electron chi connectivity index (χ2n) is 5.50. The van der Waals surface area contributed by atoms with E-state index in [0.717, 1.165) is 12.0 Å². The minimum absolute atomic E-state index is 0.242. The highest BCUT2D eigenvalue weighted by Gasteiger charge is 2.10. The maximum atomic E-state index is 12.1. The van der Waals surface area contributed by atoms with Crippen LogP contribution in [-0.4, -0.2) is 32.6 Å². The van der Waals surface area contributed by atoms with E-state index in [9.17, 15) is 9.59 Å². The first-order valence-corrected chi connectivity index (χ1v) is 8.27. The van der Waals surface area contributed by atoms with E-state index < -0.39 is 5.97 Å². The maximum Gasteiger partial charge on any atom is 0.331 e. The van der Waals surface area contributed by atoms with Gasteiger partial charge < -0.3 is 14.2 Å². The SMILES string of the molecule is CCc1ccc(C(=O)COC(=O)/C=C/c2cccc(OC)c2OC)cc1. The second kappa shape index (κ2) is 9.42. The monoisotopic (exact) mass is 354 g/mol. The number of aryl methyl sites for hydroxylation is 1. The third-order valence-corrected chi connectivity index (χ3v) is 3.86. The molecule has 2 aromatic carbocycles. The number of rotatable bonds is 8. The first-order valence-electron chi connectivity index (χ1n) is 8.27. The van der Waals surface area contributed by atoms with E-state index in [1.807, 2.05) is 19.1 Å². The summed E-state index contributed by atoms with van der Waals surface area (Å²) in [6.45, 7) is 1.74. The van der Waals surface area contributed by atoms with Gasteiger partial charge >= 0.3 is 5.97 Å². The van der Waals surface area contributed by atoms with E-state index in [2.05, 4.69) is 0 Å². The van der Waals surface area contributed by atoms with Crippen molar-refractivity contribution in [3.63, 3.8) is 0 Å². The molecule has 5 heteroatoms. The first kappa shape index (κ1) is 19.2. The van der Waals surface area contributed by atoms with Crippen molar-refractivity contribution in [3.05, 3.63) is 65.2 Å². The summed E-state index contributed by atoms with van der Waals surface area (Å²) in [7, 11) is 3.06. The number of hydrogen-bond acceptors (Lipinski definition) is 5. The van der Waals surface area contributed by atoms with Crippen molar-refractivity contribution < 1.29 is 23.8 Å². The van der Waals surface area contributed by atoms with E-state index in [-0.39, 0.29) is 12.4 Å². The zero-order valence-electron chi connectivity index (χ0n) is 15.2. The number of Topliss-reactive ketones (excluding diaryl/α,β-unsaturated/α-hetero) is 1. The quantitative estimate of drug-likeness (QED) is 0.411. The van der Waals surface area contributed by atoms with E-state index in [1.165, 1.54) is 20.3 Å². The van der Waals surface area contributed by atoms with Crippen LogP contribution in [0.2, 0.25) is 0 Å². The molecule has 0 amide bonds. The lowest BCUT2D eigenvalue weighted by Crippen LogP contribution is -2.12. The summed E-state index contributed by atoms with van der Waals surface area (Å²) in [5.74, 6) is 0.238. The fourth-order valence-electron chi connectivity index (χ4n) is 2.40. The normalized spacial score (nSPS) is 10.6. The minimum Gasteiger partial charge on any atom is -0.493 e. The van der Waals surface area contributed by atoms with Crippen molar-refractivity contribution in [2.24, 2.45) is 0 Å². The molecular weight excluding hydrogens is 332 g/mol. The number of benzene rings is 2. The topological polar surface area (TPSA) is 61.8 Å². The van der Waals surface area contributed by atoms with Gasteiger partial charge in [-0.2, -0.15) is 0 Å². The highest BCUT2D eigenvalue weighted by atomic mass is 16.5. The van der Waals surface area contributed by atoms with E-state index in [0.29, 0.717) is 22.6 Å². The largest absolute Gasteiger partial charge is 0.493 e. The van der Waals surface area contributed by atoms with Gasteiger partial charge in [0.1, 0.15) is 0 Å². The average Bonchev–Trinajstić information content (AvgIpc) is 2.69. The molecule has 0 N–H and O–H groups in total. The van der Waals surface area contributed by atoms with Gasteiger partial charge in [-0.05, 0) is 24.1 Å². The van der Waals surface area contributed by atoms with Crippen LogP contribution >= 0.6 is 0 Å². The molecule has 0 unspecified atom stereocenters. The molecule has 0 heterocycles. The fraction of sp³-hybridized carbons (Fsp3) is 0.238. The van der Waals surface area contributed by atoms with Gasteiger partial charge in [-0.3, -0.25) is 4.79 Å². The summed E-state index contributed by atoms with van der Waals surface area (Å²) in [4.78, 5) is 23.9. The van der Waals surface area contributed by atoms with Crippen LogP contribution in [0.3, 0.4) is 0 Å². The summed E-state index contributed by atoms with van der Waals surface area (Å²) in [5, 5.41) is 0. The minimum atomic E-state index is -0.603. The molecular formula is C21H22O5. The van der Waals surface area contributed by atoms with E-state index in [4.69, 9.17) is 14.2 Å². The molecule has 0 radical (unpaired) electrons. The lowest BCUT2D eigenvalue weighted by Gasteiger charge is -2.09. The molecule has 0 saturated carbocycles. The van der Waals surface area contributed by atoms with Gasteiger partial charge in [0.05, 0.1) is 14.2 Å². The van der Waals surface area contributed by atoms with Crippen molar-refractivity contribution in [2.75, 3.05) is 20.8 Å². The molecule has 0 aromatic heterocycles. The Hall–Kier alpha value is -3.08. The van der Waals surface area contributed by atoms with Gasteiger partial charge in [-0.1, -0.05) is 43.3 Å². The van der Waals surface area contributed by atoms with Crippen molar-refractivity contribution >= 4 is 17.8 Å². The molecule has 5 nitrogen and oxygen atoms in total. The number of para-hydroxylation sites is 1. The Morgan fingerprint density at radius 1 is 1.00 bits per heavy atom. The lowest BCUT2D eigenvalue weighted by atomic mass is 10.1. The number of methoxy groups -OCH3 is 2. The van der Waals surface area contributed by atoms with Gasteiger partial charge in [-0.25, -0.2) is 4.79 Å². The van der Waals surface area contributed by atoms with Crippen LogP contribution < -0.4 is 9.47 Å². The number of carbonyl (C=O) groups excluding carboxylic acids is 2. The van der Waals surface area contributed by atoms with Crippen LogP contribution in [0, 0.1) is 0 Å². The van der Waals surface area contributed by atoms with Crippen LogP contribution in [0.5, 0.6) is 11.5 Å². The van der Waals surface area contributed by atoms with Crippen LogP contribution in [0.15, 0.2) is 48.5 Å². The Bertz CT molecular complexity index is 791. The maximum absolute atomic E-state index is 12.1. The highest BCUT2D eigenvalue weighted by Crippen LogP contribution is 2.31. The third kappa shape index (κ3) is 4.96. The second-order valence-corrected chi connectivity index (χ2v) is 5.50. The van der Waals surface area contributed by atoms with Crippen molar-refractivity contribution in [1.29, 1.82) is 0 Å². The number of ether oxygens (including phenoxy) is 3. The summed E-state index contributed by atoms with van der Waals surface area (Å²) in [6.07, 6.45) is 3.72. The van der Waals surface area contributed by atoms with Gasteiger partial charge in [0, 0.05) is 17.2 Å². The molecule has 0 aliphatic heterocycles. The smallest absolute Gasteiger partial charge is 0.331 e. The Kier molecular flexibility index (Phi) is 6.97. The number of esters is 1. The molecule has 2 aromatic rings. The summed E-state index contributed by atoms with van der Waals surface area (Å²) in [6, 6.07) is 12.6. The van der Waals surface area contributed by atoms with Crippen LogP contribution in [-0.2, 0) is 16.0 Å². The van der Waals surface area contributed by atoms with Gasteiger partial charge in [0.25, 0.3) is 0 Å². The molecule has 0 bridgehead atoms. The highest BCUT2D eigenvalue weighted by molar-refractivity contribution is 5.99. The first-order chi connectivity index (χ1) is 12.6. The predicted molar refractivity (Wildman–Crippen MR) is 99.7 cm³/mol. The zero-order valence-corrected chi connectivity index (χ0v) is 15.2. The summed E-state index contributed by atoms with van der Waals surface area (Å²) < 4.78 is 15.5. The van der Waals surface area contributed by atoms with Crippen LogP contribution in [0.4, 0.5) is 0 Å². The number of carbonyl (C=O) groups is 2. The van der Waals surface area contributed by atoms with Gasteiger partial charge in [0.15, 0.2) is 23.9 Å². The lowest BCUT2D eigenvalue weighted by molar-refractivity contribution is -0.136. The Labute approximate surface area is 153 Å². The Balaban J connectivity index is 1.96. The summed E-state index contributed by atoms with van der Waals surface area (Å²) >= 11 is 0. The van der Waals surface area contributed by atoms with Crippen molar-refractivity contribution in [1.82, 2.24) is 0 Å². The number of hydrogen-bond donors (Lipinski definition) is 0. The van der Waals surface area contributed by atoms with Crippen molar-refractivity contribution in [3.8, 4) is 11.5 Å². The summed E-state index contributed by atoms with van der Waals surface area (Å²) in [5.41, 5.74) is 2.34. The molecule has 0 aliphatic rings. The average molecular weight is 354 g/mol. The van der Waals surface area contributed by atoms with E-state index >= 15 is 0 Å². The molecule has 0 aliphatic carbocycles. The number of ketones is 1.